The van der Waals surface area contributed by atoms with E-state index in [0.717, 1.165) is 0 Å². The average molecular weight is 259 g/mol. The second-order valence-corrected chi connectivity index (χ2v) is 5.50. The molecule has 4 atom stereocenters. The standard InChI is InChI=1S/C12H21NO5/c1-7-3-8(9(4-7)11(16)17)10(15)13-5-12(2,18)6-14/h7-9,14,18H,3-6H2,1-2H3,(H,13,15)(H,16,17)/t7?,8-,9+,12?/m0/s1. The second kappa shape index (κ2) is 5.67. The molecule has 1 aliphatic rings. The van der Waals surface area contributed by atoms with Gasteiger partial charge in [-0.3, -0.25) is 9.59 Å². The molecule has 1 amide bonds. The highest BCUT2D eigenvalue weighted by atomic mass is 16.4. The molecule has 6 heteroatoms. The summed E-state index contributed by atoms with van der Waals surface area (Å²) in [6, 6.07) is 0. The second-order valence-electron chi connectivity index (χ2n) is 5.50. The van der Waals surface area contributed by atoms with Gasteiger partial charge in [-0.1, -0.05) is 6.92 Å². The van der Waals surface area contributed by atoms with Crippen LogP contribution in [-0.2, 0) is 9.59 Å². The molecule has 0 radical (unpaired) electrons. The first kappa shape index (κ1) is 14.9. The molecule has 6 nitrogen and oxygen atoms in total. The lowest BCUT2D eigenvalue weighted by Gasteiger charge is -2.23. The lowest BCUT2D eigenvalue weighted by Crippen LogP contribution is -2.46. The first-order valence-electron chi connectivity index (χ1n) is 6.10. The van der Waals surface area contributed by atoms with Crippen LogP contribution in [0.5, 0.6) is 0 Å². The SMILES string of the molecule is CC1C[C@H](C(=O)NCC(C)(O)CO)[C@H](C(=O)O)C1. The van der Waals surface area contributed by atoms with E-state index in [1.165, 1.54) is 6.92 Å². The van der Waals surface area contributed by atoms with Crippen LogP contribution in [0.15, 0.2) is 0 Å². The third-order valence-electron chi connectivity index (χ3n) is 3.44. The number of hydrogen-bond donors (Lipinski definition) is 4. The van der Waals surface area contributed by atoms with Crippen molar-refractivity contribution < 1.29 is 24.9 Å². The summed E-state index contributed by atoms with van der Waals surface area (Å²) in [6.07, 6.45) is 1.05. The van der Waals surface area contributed by atoms with Crippen LogP contribution in [-0.4, -0.2) is 45.9 Å². The van der Waals surface area contributed by atoms with Gasteiger partial charge in [0.05, 0.1) is 18.4 Å². The van der Waals surface area contributed by atoms with Crippen molar-refractivity contribution in [2.75, 3.05) is 13.2 Å². The molecule has 1 aliphatic carbocycles. The number of carbonyl (C=O) groups excluding carboxylic acids is 1. The van der Waals surface area contributed by atoms with Crippen molar-refractivity contribution in [2.24, 2.45) is 17.8 Å². The summed E-state index contributed by atoms with van der Waals surface area (Å²) in [5.74, 6) is -2.31. The zero-order chi connectivity index (χ0) is 13.9. The summed E-state index contributed by atoms with van der Waals surface area (Å²) >= 11 is 0. The number of rotatable bonds is 5. The molecule has 4 N–H and O–H groups in total. The molecule has 0 aliphatic heterocycles. The summed E-state index contributed by atoms with van der Waals surface area (Å²) in [4.78, 5) is 23.0. The summed E-state index contributed by atoms with van der Waals surface area (Å²) in [7, 11) is 0. The van der Waals surface area contributed by atoms with E-state index in [1.807, 2.05) is 6.92 Å². The van der Waals surface area contributed by atoms with Crippen LogP contribution in [0, 0.1) is 17.8 Å². The Labute approximate surface area is 106 Å². The van der Waals surface area contributed by atoms with E-state index in [-0.39, 0.29) is 18.4 Å². The first-order valence-corrected chi connectivity index (χ1v) is 6.10. The van der Waals surface area contributed by atoms with Crippen LogP contribution in [0.25, 0.3) is 0 Å². The number of amides is 1. The maximum absolute atomic E-state index is 11.9. The molecule has 0 saturated heterocycles. The topological polar surface area (TPSA) is 107 Å². The number of carboxylic acid groups (broad SMARTS) is 1. The number of aliphatic carboxylic acids is 1. The van der Waals surface area contributed by atoms with Gasteiger partial charge in [0.2, 0.25) is 5.91 Å². The molecule has 0 aromatic carbocycles. The number of carboxylic acids is 1. The fourth-order valence-electron chi connectivity index (χ4n) is 2.32. The normalized spacial score (nSPS) is 30.8. The summed E-state index contributed by atoms with van der Waals surface area (Å²) in [6.45, 7) is 2.78. The van der Waals surface area contributed by atoms with Crippen LogP contribution >= 0.6 is 0 Å². The van der Waals surface area contributed by atoms with Crippen LogP contribution in [0.4, 0.5) is 0 Å². The molecule has 104 valence electrons. The zero-order valence-corrected chi connectivity index (χ0v) is 10.7. The molecule has 1 rings (SSSR count). The summed E-state index contributed by atoms with van der Waals surface area (Å²) in [5, 5.41) is 30.0. The van der Waals surface area contributed by atoms with Gasteiger partial charge in [-0.25, -0.2) is 0 Å². The quantitative estimate of drug-likeness (QED) is 0.537. The lowest BCUT2D eigenvalue weighted by atomic mass is 9.95. The molecule has 2 unspecified atom stereocenters. The number of carbonyl (C=O) groups is 2. The van der Waals surface area contributed by atoms with E-state index >= 15 is 0 Å². The Balaban J connectivity index is 2.58. The minimum atomic E-state index is -1.38. The first-order chi connectivity index (χ1) is 8.26. The van der Waals surface area contributed by atoms with Gasteiger partial charge >= 0.3 is 5.97 Å². The van der Waals surface area contributed by atoms with E-state index in [9.17, 15) is 14.7 Å². The van der Waals surface area contributed by atoms with Crippen molar-refractivity contribution in [3.05, 3.63) is 0 Å². The van der Waals surface area contributed by atoms with Gasteiger partial charge < -0.3 is 20.6 Å². The molecule has 0 aromatic heterocycles. The highest BCUT2D eigenvalue weighted by Crippen LogP contribution is 2.36. The number of aliphatic hydroxyl groups excluding tert-OH is 1. The molecular formula is C12H21NO5. The molecule has 1 fully saturated rings. The van der Waals surface area contributed by atoms with Gasteiger partial charge in [0.25, 0.3) is 0 Å². The zero-order valence-electron chi connectivity index (χ0n) is 10.7. The van der Waals surface area contributed by atoms with Crippen LogP contribution in [0.1, 0.15) is 26.7 Å². The molecule has 1 saturated carbocycles. The minimum Gasteiger partial charge on any atom is -0.481 e. The summed E-state index contributed by atoms with van der Waals surface area (Å²) in [5.41, 5.74) is -1.38. The van der Waals surface area contributed by atoms with Crippen molar-refractivity contribution >= 4 is 11.9 Å². The Morgan fingerprint density at radius 1 is 1.33 bits per heavy atom. The van der Waals surface area contributed by atoms with Gasteiger partial charge in [0.1, 0.15) is 5.60 Å². The van der Waals surface area contributed by atoms with Crippen LogP contribution < -0.4 is 5.32 Å². The highest BCUT2D eigenvalue weighted by Gasteiger charge is 2.41. The van der Waals surface area contributed by atoms with Crippen molar-refractivity contribution in [3.63, 3.8) is 0 Å². The highest BCUT2D eigenvalue weighted by molar-refractivity contribution is 5.85. The molecule has 0 heterocycles. The summed E-state index contributed by atoms with van der Waals surface area (Å²) < 4.78 is 0. The van der Waals surface area contributed by atoms with Gasteiger partial charge in [0, 0.05) is 6.54 Å². The molecule has 18 heavy (non-hydrogen) atoms. The third kappa shape index (κ3) is 3.68. The van der Waals surface area contributed by atoms with Gasteiger partial charge in [-0.15, -0.1) is 0 Å². The van der Waals surface area contributed by atoms with E-state index in [1.54, 1.807) is 0 Å². The van der Waals surface area contributed by atoms with E-state index in [4.69, 9.17) is 10.2 Å². The van der Waals surface area contributed by atoms with Crippen molar-refractivity contribution in [1.82, 2.24) is 5.32 Å². The Hall–Kier alpha value is -1.14. The lowest BCUT2D eigenvalue weighted by molar-refractivity contribution is -0.146. The fourth-order valence-corrected chi connectivity index (χ4v) is 2.32. The molecule has 0 aromatic rings. The molecule has 0 spiro atoms. The third-order valence-corrected chi connectivity index (χ3v) is 3.44. The maximum atomic E-state index is 11.9. The Kier molecular flexibility index (Phi) is 4.70. The van der Waals surface area contributed by atoms with E-state index < -0.39 is 30.0 Å². The van der Waals surface area contributed by atoms with E-state index in [0.29, 0.717) is 12.8 Å². The number of nitrogens with one attached hydrogen (secondary N) is 1. The van der Waals surface area contributed by atoms with Crippen molar-refractivity contribution in [1.29, 1.82) is 0 Å². The Morgan fingerprint density at radius 3 is 2.39 bits per heavy atom. The Bertz CT molecular complexity index is 328. The van der Waals surface area contributed by atoms with Crippen molar-refractivity contribution in [2.45, 2.75) is 32.3 Å². The molecule has 0 bridgehead atoms. The van der Waals surface area contributed by atoms with Gasteiger partial charge in [-0.05, 0) is 25.7 Å². The smallest absolute Gasteiger partial charge is 0.307 e. The van der Waals surface area contributed by atoms with Crippen molar-refractivity contribution in [3.8, 4) is 0 Å². The predicted molar refractivity (Wildman–Crippen MR) is 63.7 cm³/mol. The predicted octanol–water partition coefficient (Wildman–Crippen LogP) is -0.407. The van der Waals surface area contributed by atoms with Gasteiger partial charge in [0.15, 0.2) is 0 Å². The monoisotopic (exact) mass is 259 g/mol. The van der Waals surface area contributed by atoms with Gasteiger partial charge in [-0.2, -0.15) is 0 Å². The fraction of sp³-hybridized carbons (Fsp3) is 0.833. The van der Waals surface area contributed by atoms with E-state index in [2.05, 4.69) is 5.32 Å². The number of hydrogen-bond acceptors (Lipinski definition) is 4. The number of aliphatic hydroxyl groups is 2. The maximum Gasteiger partial charge on any atom is 0.307 e. The minimum absolute atomic E-state index is 0.0838. The Morgan fingerprint density at radius 2 is 1.89 bits per heavy atom. The largest absolute Gasteiger partial charge is 0.481 e. The molecular weight excluding hydrogens is 238 g/mol. The van der Waals surface area contributed by atoms with Crippen LogP contribution in [0.3, 0.4) is 0 Å². The average Bonchev–Trinajstić information content (AvgIpc) is 2.68. The van der Waals surface area contributed by atoms with Crippen LogP contribution in [0.2, 0.25) is 0 Å².